The number of halogens is 2. The van der Waals surface area contributed by atoms with E-state index < -0.39 is 38.5 Å². The number of carbonyl (C=O) groups is 1. The monoisotopic (exact) mass is 399 g/mol. The van der Waals surface area contributed by atoms with Crippen molar-refractivity contribution >= 4 is 33.0 Å². The minimum atomic E-state index is -4.02. The van der Waals surface area contributed by atoms with Crippen molar-refractivity contribution < 1.29 is 26.9 Å². The number of rotatable bonds is 6. The van der Waals surface area contributed by atoms with Crippen LogP contribution in [0.15, 0.2) is 42.5 Å². The van der Waals surface area contributed by atoms with Gasteiger partial charge in [-0.3, -0.25) is 19.2 Å². The van der Waals surface area contributed by atoms with Gasteiger partial charge in [-0.15, -0.1) is 0 Å². The summed E-state index contributed by atoms with van der Waals surface area (Å²) in [5.74, 6) is -2.78. The number of nitrogens with zero attached hydrogens (tertiary/aromatic N) is 2. The molecule has 0 aromatic heterocycles. The molecule has 0 heterocycles. The lowest BCUT2D eigenvalue weighted by molar-refractivity contribution is -0.384. The SMILES string of the molecule is C[C@@H](C(=O)Nc1ccc(F)cc1F)N(c1cccc([N+](=O)[O-])c1)S(C)(=O)=O. The van der Waals surface area contributed by atoms with Crippen LogP contribution in [0.2, 0.25) is 0 Å². The molecule has 27 heavy (non-hydrogen) atoms. The van der Waals surface area contributed by atoms with Crippen molar-refractivity contribution in [2.45, 2.75) is 13.0 Å². The lowest BCUT2D eigenvalue weighted by atomic mass is 10.2. The van der Waals surface area contributed by atoms with E-state index >= 15 is 0 Å². The van der Waals surface area contributed by atoms with Gasteiger partial charge in [0, 0.05) is 18.2 Å². The molecule has 0 aliphatic heterocycles. The van der Waals surface area contributed by atoms with Crippen LogP contribution in [0, 0.1) is 21.7 Å². The third-order valence-corrected chi connectivity index (χ3v) is 4.81. The van der Waals surface area contributed by atoms with Gasteiger partial charge < -0.3 is 5.32 Å². The average Bonchev–Trinajstić information content (AvgIpc) is 2.56. The molecule has 2 aromatic rings. The summed E-state index contributed by atoms with van der Waals surface area (Å²) in [6.45, 7) is 1.23. The normalized spacial score (nSPS) is 12.3. The molecular weight excluding hydrogens is 384 g/mol. The van der Waals surface area contributed by atoms with Crippen LogP contribution in [-0.2, 0) is 14.8 Å². The first kappa shape index (κ1) is 20.2. The molecule has 0 aliphatic rings. The smallest absolute Gasteiger partial charge is 0.271 e. The number of anilines is 2. The van der Waals surface area contributed by atoms with Crippen molar-refractivity contribution in [3.05, 3.63) is 64.2 Å². The lowest BCUT2D eigenvalue weighted by Gasteiger charge is -2.28. The first-order chi connectivity index (χ1) is 12.5. The van der Waals surface area contributed by atoms with Crippen LogP contribution in [0.4, 0.5) is 25.8 Å². The maximum Gasteiger partial charge on any atom is 0.271 e. The molecule has 144 valence electrons. The van der Waals surface area contributed by atoms with E-state index in [1.165, 1.54) is 25.1 Å². The predicted octanol–water partition coefficient (Wildman–Crippen LogP) is 2.67. The number of hydrogen-bond acceptors (Lipinski definition) is 5. The van der Waals surface area contributed by atoms with Gasteiger partial charge >= 0.3 is 0 Å². The topological polar surface area (TPSA) is 110 Å². The average molecular weight is 399 g/mol. The first-order valence-electron chi connectivity index (χ1n) is 7.50. The number of carbonyl (C=O) groups excluding carboxylic acids is 1. The fourth-order valence-electron chi connectivity index (χ4n) is 2.38. The highest BCUT2D eigenvalue weighted by atomic mass is 32.2. The van der Waals surface area contributed by atoms with Crippen molar-refractivity contribution in [3.8, 4) is 0 Å². The van der Waals surface area contributed by atoms with Gasteiger partial charge in [0.05, 0.1) is 22.6 Å². The maximum atomic E-state index is 13.7. The molecule has 1 atom stereocenters. The molecule has 8 nitrogen and oxygen atoms in total. The Morgan fingerprint density at radius 2 is 1.89 bits per heavy atom. The van der Waals surface area contributed by atoms with E-state index in [4.69, 9.17) is 0 Å². The Hall–Kier alpha value is -3.08. The molecule has 0 bridgehead atoms. The van der Waals surface area contributed by atoms with Crippen LogP contribution in [0.3, 0.4) is 0 Å². The Labute approximate surface area is 153 Å². The first-order valence-corrected chi connectivity index (χ1v) is 9.35. The summed E-state index contributed by atoms with van der Waals surface area (Å²) in [5, 5.41) is 13.1. The molecule has 0 saturated heterocycles. The highest BCUT2D eigenvalue weighted by molar-refractivity contribution is 7.92. The summed E-state index contributed by atoms with van der Waals surface area (Å²) in [6.07, 6.45) is 0.827. The van der Waals surface area contributed by atoms with Gasteiger partial charge in [-0.2, -0.15) is 0 Å². The van der Waals surface area contributed by atoms with Crippen LogP contribution in [0.5, 0.6) is 0 Å². The Bertz CT molecular complexity index is 997. The number of benzene rings is 2. The van der Waals surface area contributed by atoms with Gasteiger partial charge in [0.25, 0.3) is 5.69 Å². The molecule has 0 spiro atoms. The molecule has 0 radical (unpaired) electrons. The molecule has 1 amide bonds. The second-order valence-electron chi connectivity index (χ2n) is 5.63. The van der Waals surface area contributed by atoms with E-state index in [2.05, 4.69) is 5.32 Å². The second kappa shape index (κ2) is 7.66. The van der Waals surface area contributed by atoms with Crippen LogP contribution >= 0.6 is 0 Å². The van der Waals surface area contributed by atoms with Crippen LogP contribution in [0.1, 0.15) is 6.92 Å². The third kappa shape index (κ3) is 4.76. The van der Waals surface area contributed by atoms with Gasteiger partial charge in [-0.05, 0) is 25.1 Å². The second-order valence-corrected chi connectivity index (χ2v) is 7.48. The number of sulfonamides is 1. The minimum Gasteiger partial charge on any atom is -0.322 e. The van der Waals surface area contributed by atoms with Crippen molar-refractivity contribution in [2.75, 3.05) is 15.9 Å². The summed E-state index contributed by atoms with van der Waals surface area (Å²) in [4.78, 5) is 22.6. The number of non-ortho nitro benzene ring substituents is 1. The van der Waals surface area contributed by atoms with Crippen LogP contribution in [-0.4, -0.2) is 31.5 Å². The minimum absolute atomic E-state index is 0.103. The largest absolute Gasteiger partial charge is 0.322 e. The Kier molecular flexibility index (Phi) is 5.74. The Morgan fingerprint density at radius 1 is 1.22 bits per heavy atom. The summed E-state index contributed by atoms with van der Waals surface area (Å²) in [6, 6.07) is 5.85. The quantitative estimate of drug-likeness (QED) is 0.593. The summed E-state index contributed by atoms with van der Waals surface area (Å²) in [7, 11) is -4.02. The Morgan fingerprint density at radius 3 is 2.44 bits per heavy atom. The molecule has 1 N–H and O–H groups in total. The number of nitro benzene ring substituents is 1. The van der Waals surface area contributed by atoms with Crippen LogP contribution in [0.25, 0.3) is 0 Å². The van der Waals surface area contributed by atoms with Gasteiger partial charge in [0.2, 0.25) is 15.9 Å². The number of nitro groups is 1. The lowest BCUT2D eigenvalue weighted by Crippen LogP contribution is -2.45. The fraction of sp³-hybridized carbons (Fsp3) is 0.188. The molecule has 2 aromatic carbocycles. The van der Waals surface area contributed by atoms with Gasteiger partial charge in [-0.1, -0.05) is 6.07 Å². The maximum absolute atomic E-state index is 13.7. The van der Waals surface area contributed by atoms with E-state index in [1.54, 1.807) is 0 Å². The fourth-order valence-corrected chi connectivity index (χ4v) is 3.55. The van der Waals surface area contributed by atoms with E-state index in [1.807, 2.05) is 0 Å². The van der Waals surface area contributed by atoms with Gasteiger partial charge in [-0.25, -0.2) is 17.2 Å². The van der Waals surface area contributed by atoms with E-state index in [0.29, 0.717) is 10.4 Å². The predicted molar refractivity (Wildman–Crippen MR) is 94.9 cm³/mol. The molecule has 0 fully saturated rings. The van der Waals surface area contributed by atoms with Gasteiger partial charge in [0.15, 0.2) is 0 Å². The number of nitrogens with one attached hydrogen (secondary N) is 1. The van der Waals surface area contributed by atoms with Crippen LogP contribution < -0.4 is 9.62 Å². The van der Waals surface area contributed by atoms with Gasteiger partial charge in [0.1, 0.15) is 17.7 Å². The van der Waals surface area contributed by atoms with E-state index in [0.717, 1.165) is 24.5 Å². The zero-order valence-corrected chi connectivity index (χ0v) is 15.0. The molecule has 2 rings (SSSR count). The molecule has 0 unspecified atom stereocenters. The molecule has 0 aliphatic carbocycles. The summed E-state index contributed by atoms with van der Waals surface area (Å²) < 4.78 is 51.7. The van der Waals surface area contributed by atoms with Crippen molar-refractivity contribution in [1.29, 1.82) is 0 Å². The highest BCUT2D eigenvalue weighted by Crippen LogP contribution is 2.26. The summed E-state index contributed by atoms with van der Waals surface area (Å²) in [5.41, 5.74) is -0.798. The molecule has 0 saturated carbocycles. The van der Waals surface area contributed by atoms with E-state index in [9.17, 15) is 32.1 Å². The highest BCUT2D eigenvalue weighted by Gasteiger charge is 2.30. The molecular formula is C16H15F2N3O5S. The third-order valence-electron chi connectivity index (χ3n) is 3.57. The molecule has 11 heteroatoms. The standard InChI is InChI=1S/C16H15F2N3O5S/c1-10(16(22)19-15-7-6-11(17)8-14(15)18)20(27(2,25)26)12-4-3-5-13(9-12)21(23)24/h3-10H,1-2H3,(H,19,22)/t10-/m0/s1. The van der Waals surface area contributed by atoms with E-state index in [-0.39, 0.29) is 17.1 Å². The zero-order chi connectivity index (χ0) is 20.4. The van der Waals surface area contributed by atoms with Crippen molar-refractivity contribution in [2.24, 2.45) is 0 Å². The van der Waals surface area contributed by atoms with Crippen molar-refractivity contribution in [3.63, 3.8) is 0 Å². The van der Waals surface area contributed by atoms with Crippen molar-refractivity contribution in [1.82, 2.24) is 0 Å². The number of hydrogen-bond donors (Lipinski definition) is 1. The summed E-state index contributed by atoms with van der Waals surface area (Å²) >= 11 is 0. The number of amides is 1. The Balaban J connectivity index is 2.38. The zero-order valence-electron chi connectivity index (χ0n) is 14.2.